The van der Waals surface area contributed by atoms with Gasteiger partial charge in [0, 0.05) is 34.0 Å². The maximum absolute atomic E-state index is 11.8. The number of rotatable bonds is 6. The molecule has 202 valence electrons. The maximum atomic E-state index is 11.8. The lowest BCUT2D eigenvalue weighted by atomic mass is 9.96. The van der Waals surface area contributed by atoms with Crippen LogP contribution in [-0.2, 0) is 10.0 Å². The first kappa shape index (κ1) is 27.2. The van der Waals surface area contributed by atoms with E-state index in [2.05, 4.69) is 50.5 Å². The Kier molecular flexibility index (Phi) is 7.17. The maximum Gasteiger partial charge on any atom is 0.229 e. The predicted octanol–water partition coefficient (Wildman–Crippen LogP) is 6.31. The Labute approximate surface area is 239 Å². The standard InChI is InChI=1S/C29H30ClN5O2S2/c1-17-15-21(12-13-24(17)33-39(5,36)37)35-28(27(32-29(35)38)25-10-6-7-14-31-25)22-16-18(2)34(20(22)4)26-11-8-9-23(30)19(26)3/h6-16,27-28,33H,1-5H3,(H,32,38). The lowest BCUT2D eigenvalue weighted by molar-refractivity contribution is 0.565. The van der Waals surface area contributed by atoms with Crippen LogP contribution in [-0.4, -0.2) is 29.3 Å². The molecule has 10 heteroatoms. The highest BCUT2D eigenvalue weighted by Gasteiger charge is 2.42. The number of aryl methyl sites for hydroxylation is 2. The minimum atomic E-state index is -3.40. The monoisotopic (exact) mass is 579 g/mol. The van der Waals surface area contributed by atoms with Crippen molar-refractivity contribution in [1.29, 1.82) is 0 Å². The Bertz CT molecular complexity index is 1690. The quantitative estimate of drug-likeness (QED) is 0.261. The molecule has 3 heterocycles. The first-order chi connectivity index (χ1) is 18.5. The van der Waals surface area contributed by atoms with E-state index in [1.165, 1.54) is 0 Å². The van der Waals surface area contributed by atoms with E-state index in [1.807, 2.05) is 56.3 Å². The van der Waals surface area contributed by atoms with Gasteiger partial charge in [0.05, 0.1) is 29.7 Å². The van der Waals surface area contributed by atoms with Crippen molar-refractivity contribution >= 4 is 50.3 Å². The highest BCUT2D eigenvalue weighted by molar-refractivity contribution is 7.92. The van der Waals surface area contributed by atoms with E-state index in [0.29, 0.717) is 10.8 Å². The number of hydrogen-bond donors (Lipinski definition) is 2. The summed E-state index contributed by atoms with van der Waals surface area (Å²) in [6.07, 6.45) is 2.93. The van der Waals surface area contributed by atoms with Gasteiger partial charge in [-0.05, 0) is 105 Å². The lowest BCUT2D eigenvalue weighted by Gasteiger charge is -2.29. The van der Waals surface area contributed by atoms with E-state index in [9.17, 15) is 8.42 Å². The van der Waals surface area contributed by atoms with Gasteiger partial charge in [-0.3, -0.25) is 9.71 Å². The molecular formula is C29H30ClN5O2S2. The van der Waals surface area contributed by atoms with Crippen LogP contribution < -0.4 is 14.9 Å². The van der Waals surface area contributed by atoms with Gasteiger partial charge in [0.1, 0.15) is 0 Å². The molecule has 0 bridgehead atoms. The fourth-order valence-corrected chi connectivity index (χ4v) is 6.50. The summed E-state index contributed by atoms with van der Waals surface area (Å²) in [6, 6.07) is 19.2. The summed E-state index contributed by atoms with van der Waals surface area (Å²) in [6.45, 7) is 8.11. The summed E-state index contributed by atoms with van der Waals surface area (Å²) in [5, 5.41) is 4.80. The summed E-state index contributed by atoms with van der Waals surface area (Å²) in [7, 11) is -3.40. The van der Waals surface area contributed by atoms with Gasteiger partial charge in [0.15, 0.2) is 5.11 Å². The average molecular weight is 580 g/mol. The van der Waals surface area contributed by atoms with E-state index in [-0.39, 0.29) is 12.1 Å². The Hall–Kier alpha value is -3.40. The van der Waals surface area contributed by atoms with E-state index >= 15 is 0 Å². The normalized spacial score (nSPS) is 17.4. The van der Waals surface area contributed by atoms with Crippen molar-refractivity contribution in [3.63, 3.8) is 0 Å². The van der Waals surface area contributed by atoms with Gasteiger partial charge in [-0.25, -0.2) is 8.42 Å². The van der Waals surface area contributed by atoms with Gasteiger partial charge < -0.3 is 14.8 Å². The molecule has 5 rings (SSSR count). The summed E-state index contributed by atoms with van der Waals surface area (Å²) in [5.41, 5.74) is 8.36. The Balaban J connectivity index is 1.67. The number of hydrogen-bond acceptors (Lipinski definition) is 4. The van der Waals surface area contributed by atoms with Crippen molar-refractivity contribution in [2.24, 2.45) is 0 Å². The van der Waals surface area contributed by atoms with Crippen LogP contribution in [0.2, 0.25) is 5.02 Å². The number of sulfonamides is 1. The first-order valence-corrected chi connectivity index (χ1v) is 15.2. The Morgan fingerprint density at radius 2 is 1.79 bits per heavy atom. The number of nitrogens with zero attached hydrogens (tertiary/aromatic N) is 3. The lowest BCUT2D eigenvalue weighted by Crippen LogP contribution is -2.29. The van der Waals surface area contributed by atoms with Gasteiger partial charge in [-0.1, -0.05) is 23.7 Å². The number of nitrogens with one attached hydrogen (secondary N) is 2. The SMILES string of the molecule is Cc1cc(N2C(=S)NC(c3ccccn3)C2c2cc(C)n(-c3cccc(Cl)c3C)c2C)ccc1NS(C)(=O)=O. The van der Waals surface area contributed by atoms with Crippen molar-refractivity contribution in [1.82, 2.24) is 14.9 Å². The zero-order valence-corrected chi connectivity index (χ0v) is 24.7. The zero-order valence-electron chi connectivity index (χ0n) is 22.4. The molecular weight excluding hydrogens is 550 g/mol. The van der Waals surface area contributed by atoms with Gasteiger partial charge >= 0.3 is 0 Å². The van der Waals surface area contributed by atoms with Crippen LogP contribution in [0.1, 0.15) is 45.9 Å². The zero-order chi connectivity index (χ0) is 28.1. The number of pyridine rings is 1. The van der Waals surface area contributed by atoms with Crippen molar-refractivity contribution in [3.05, 3.63) is 106 Å². The van der Waals surface area contributed by atoms with Crippen LogP contribution in [0.4, 0.5) is 11.4 Å². The first-order valence-electron chi connectivity index (χ1n) is 12.5. The second kappa shape index (κ2) is 10.3. The molecule has 1 aliphatic rings. The molecule has 39 heavy (non-hydrogen) atoms. The number of thiocarbonyl (C=S) groups is 1. The summed E-state index contributed by atoms with van der Waals surface area (Å²) in [5.74, 6) is 0. The van der Waals surface area contributed by atoms with Gasteiger partial charge in [0.2, 0.25) is 10.0 Å². The van der Waals surface area contributed by atoms with E-state index in [1.54, 1.807) is 12.3 Å². The molecule has 1 fully saturated rings. The number of anilines is 2. The highest BCUT2D eigenvalue weighted by atomic mass is 35.5. The third-order valence-electron chi connectivity index (χ3n) is 7.15. The third kappa shape index (κ3) is 5.14. The number of aromatic nitrogens is 2. The highest BCUT2D eigenvalue weighted by Crippen LogP contribution is 2.44. The number of benzene rings is 2. The molecule has 2 unspecified atom stereocenters. The summed E-state index contributed by atoms with van der Waals surface area (Å²) < 4.78 is 28.5. The molecule has 4 aromatic rings. The fourth-order valence-electron chi connectivity index (χ4n) is 5.36. The second-order valence-corrected chi connectivity index (χ2v) is 12.5. The molecule has 7 nitrogen and oxygen atoms in total. The van der Waals surface area contributed by atoms with E-state index < -0.39 is 10.0 Å². The van der Waals surface area contributed by atoms with Crippen LogP contribution in [0.3, 0.4) is 0 Å². The van der Waals surface area contributed by atoms with Crippen molar-refractivity contribution in [2.45, 2.75) is 39.8 Å². The minimum absolute atomic E-state index is 0.206. The molecule has 1 saturated heterocycles. The summed E-state index contributed by atoms with van der Waals surface area (Å²) in [4.78, 5) is 6.76. The Morgan fingerprint density at radius 1 is 1.03 bits per heavy atom. The summed E-state index contributed by atoms with van der Waals surface area (Å²) >= 11 is 12.4. The number of halogens is 1. The molecule has 0 aliphatic carbocycles. The van der Waals surface area contributed by atoms with Crippen molar-refractivity contribution in [3.8, 4) is 5.69 Å². The second-order valence-electron chi connectivity index (χ2n) is 9.92. The molecule has 2 atom stereocenters. The van der Waals surface area contributed by atoms with Crippen LogP contribution >= 0.6 is 23.8 Å². The van der Waals surface area contributed by atoms with Gasteiger partial charge in [-0.15, -0.1) is 0 Å². The van der Waals surface area contributed by atoms with Crippen molar-refractivity contribution < 1.29 is 8.42 Å². The Morgan fingerprint density at radius 3 is 2.46 bits per heavy atom. The molecule has 2 aromatic carbocycles. The van der Waals surface area contributed by atoms with Gasteiger partial charge in [-0.2, -0.15) is 0 Å². The fraction of sp³-hybridized carbons (Fsp3) is 0.241. The largest absolute Gasteiger partial charge is 0.351 e. The molecule has 0 radical (unpaired) electrons. The average Bonchev–Trinajstić information content (AvgIpc) is 3.37. The molecule has 0 saturated carbocycles. The van der Waals surface area contributed by atoms with E-state index in [4.69, 9.17) is 23.8 Å². The smallest absolute Gasteiger partial charge is 0.229 e. The third-order valence-corrected chi connectivity index (χ3v) is 8.47. The molecule has 2 N–H and O–H groups in total. The van der Waals surface area contributed by atoms with Gasteiger partial charge in [0.25, 0.3) is 0 Å². The topological polar surface area (TPSA) is 79.3 Å². The van der Waals surface area contributed by atoms with Crippen molar-refractivity contribution in [2.75, 3.05) is 15.9 Å². The minimum Gasteiger partial charge on any atom is -0.351 e. The molecule has 0 amide bonds. The molecule has 0 spiro atoms. The van der Waals surface area contributed by atoms with Crippen LogP contribution in [0.15, 0.2) is 66.9 Å². The van der Waals surface area contributed by atoms with Crippen LogP contribution in [0, 0.1) is 27.7 Å². The van der Waals surface area contributed by atoms with Crippen LogP contribution in [0.25, 0.3) is 5.69 Å². The predicted molar refractivity (Wildman–Crippen MR) is 163 cm³/mol. The van der Waals surface area contributed by atoms with Crippen LogP contribution in [0.5, 0.6) is 0 Å². The molecule has 2 aromatic heterocycles. The molecule has 1 aliphatic heterocycles. The van der Waals surface area contributed by atoms with E-state index in [0.717, 1.165) is 56.4 Å².